The Hall–Kier alpha value is -2.34. The Kier molecular flexibility index (Phi) is 12.7. The van der Waals surface area contributed by atoms with Gasteiger partial charge in [0.1, 0.15) is 5.82 Å². The summed E-state index contributed by atoms with van der Waals surface area (Å²) in [4.78, 5) is 12.1. The van der Waals surface area contributed by atoms with Gasteiger partial charge < -0.3 is 10.3 Å². The fourth-order valence-corrected chi connectivity index (χ4v) is 6.43. The monoisotopic (exact) mass is 600 g/mol. The maximum Gasteiger partial charge on any atom is 0.138 e. The van der Waals surface area contributed by atoms with Crippen LogP contribution in [0, 0.1) is 12.8 Å². The van der Waals surface area contributed by atoms with Gasteiger partial charge in [-0.3, -0.25) is 4.90 Å². The van der Waals surface area contributed by atoms with Crippen LogP contribution < -0.4 is 5.32 Å². The normalized spacial score (nSPS) is 15.1. The molecule has 4 nitrogen and oxygen atoms in total. The van der Waals surface area contributed by atoms with E-state index in [2.05, 4.69) is 128 Å². The van der Waals surface area contributed by atoms with Gasteiger partial charge in [0, 0.05) is 43.4 Å². The van der Waals surface area contributed by atoms with E-state index in [1.165, 1.54) is 33.6 Å². The molecule has 1 saturated heterocycles. The lowest BCUT2D eigenvalue weighted by Gasteiger charge is -2.53. The molecule has 216 valence electrons. The van der Waals surface area contributed by atoms with E-state index < -0.39 is 0 Å². The third-order valence-electron chi connectivity index (χ3n) is 8.14. The lowest BCUT2D eigenvalue weighted by molar-refractivity contribution is 0.0106. The average molecular weight is 602 g/mol. The third-order valence-corrected chi connectivity index (χ3v) is 8.14. The number of nitrogens with one attached hydrogen (secondary N) is 2. The summed E-state index contributed by atoms with van der Waals surface area (Å²) in [6, 6.07) is 30.7. The first-order valence-electron chi connectivity index (χ1n) is 13.8. The van der Waals surface area contributed by atoms with Crippen LogP contribution in [0.2, 0.25) is 0 Å². The highest BCUT2D eigenvalue weighted by molar-refractivity contribution is 5.86. The van der Waals surface area contributed by atoms with Crippen LogP contribution in [0.5, 0.6) is 0 Å². The van der Waals surface area contributed by atoms with E-state index in [-0.39, 0.29) is 48.7 Å². The predicted molar refractivity (Wildman–Crippen MR) is 176 cm³/mol. The third kappa shape index (κ3) is 6.27. The molecule has 1 aliphatic rings. The van der Waals surface area contributed by atoms with Crippen LogP contribution in [-0.4, -0.2) is 41.0 Å². The molecule has 3 aromatic carbocycles. The Balaban J connectivity index is 0.00000187. The number of piperazine rings is 1. The van der Waals surface area contributed by atoms with Gasteiger partial charge in [-0.2, -0.15) is 0 Å². The first kappa shape index (κ1) is 33.9. The highest BCUT2D eigenvalue weighted by atomic mass is 35.5. The average Bonchev–Trinajstić information content (AvgIpc) is 3.37. The van der Waals surface area contributed by atoms with E-state index in [1.807, 2.05) is 0 Å². The smallest absolute Gasteiger partial charge is 0.138 e. The molecule has 1 fully saturated rings. The second kappa shape index (κ2) is 15.0. The fraction of sp³-hybridized carbons (Fsp3) is 0.364. The van der Waals surface area contributed by atoms with E-state index in [0.717, 1.165) is 38.4 Å². The van der Waals surface area contributed by atoms with Crippen molar-refractivity contribution in [1.82, 2.24) is 20.2 Å². The molecular formula is C33H43Cl3N4. The van der Waals surface area contributed by atoms with Crippen molar-refractivity contribution in [2.24, 2.45) is 5.92 Å². The minimum Gasteiger partial charge on any atom is -0.342 e. The van der Waals surface area contributed by atoms with E-state index in [9.17, 15) is 0 Å². The van der Waals surface area contributed by atoms with E-state index >= 15 is 0 Å². The Morgan fingerprint density at radius 2 is 1.32 bits per heavy atom. The molecule has 0 radical (unpaired) electrons. The second-order valence-corrected chi connectivity index (χ2v) is 10.6. The van der Waals surface area contributed by atoms with Crippen LogP contribution in [0.1, 0.15) is 54.8 Å². The first-order valence-corrected chi connectivity index (χ1v) is 13.8. The Morgan fingerprint density at radius 1 is 0.800 bits per heavy atom. The van der Waals surface area contributed by atoms with Crippen molar-refractivity contribution in [2.45, 2.75) is 45.6 Å². The van der Waals surface area contributed by atoms with Gasteiger partial charge in [0.15, 0.2) is 0 Å². The van der Waals surface area contributed by atoms with Crippen molar-refractivity contribution in [3.8, 4) is 11.4 Å². The number of rotatable bonds is 8. The van der Waals surface area contributed by atoms with Crippen LogP contribution in [0.4, 0.5) is 0 Å². The van der Waals surface area contributed by atoms with Crippen molar-refractivity contribution < 1.29 is 0 Å². The molecule has 4 aromatic rings. The summed E-state index contributed by atoms with van der Waals surface area (Å²) < 4.78 is 0. The molecule has 5 rings (SSSR count). The molecular weight excluding hydrogens is 559 g/mol. The topological polar surface area (TPSA) is 44.0 Å². The molecule has 0 bridgehead atoms. The Bertz CT molecular complexity index is 1260. The molecule has 7 heteroatoms. The van der Waals surface area contributed by atoms with Gasteiger partial charge in [0.25, 0.3) is 0 Å². The van der Waals surface area contributed by atoms with Crippen LogP contribution >= 0.6 is 37.2 Å². The number of benzene rings is 3. The lowest BCUT2D eigenvalue weighted by atomic mass is 9.65. The van der Waals surface area contributed by atoms with E-state index in [4.69, 9.17) is 4.98 Å². The van der Waals surface area contributed by atoms with Crippen molar-refractivity contribution in [3.05, 3.63) is 113 Å². The molecule has 0 saturated carbocycles. The van der Waals surface area contributed by atoms with Gasteiger partial charge in [-0.05, 0) is 36.0 Å². The van der Waals surface area contributed by atoms with Crippen molar-refractivity contribution in [2.75, 3.05) is 26.2 Å². The molecule has 0 aliphatic carbocycles. The lowest BCUT2D eigenvalue weighted by Crippen LogP contribution is -2.60. The zero-order valence-electron chi connectivity index (χ0n) is 23.9. The summed E-state index contributed by atoms with van der Waals surface area (Å²) in [5.74, 6) is 1.42. The number of imidazole rings is 1. The highest BCUT2D eigenvalue weighted by Crippen LogP contribution is 2.51. The van der Waals surface area contributed by atoms with Crippen molar-refractivity contribution in [1.29, 1.82) is 0 Å². The van der Waals surface area contributed by atoms with Gasteiger partial charge in [-0.15, -0.1) is 37.2 Å². The molecule has 1 unspecified atom stereocenters. The maximum absolute atomic E-state index is 5.54. The number of aromatic amines is 1. The Labute approximate surface area is 258 Å². The molecule has 0 spiro atoms. The molecule has 1 atom stereocenters. The van der Waals surface area contributed by atoms with Crippen LogP contribution in [0.25, 0.3) is 11.4 Å². The zero-order valence-corrected chi connectivity index (χ0v) is 26.3. The van der Waals surface area contributed by atoms with E-state index in [1.54, 1.807) is 0 Å². The molecule has 40 heavy (non-hydrogen) atoms. The SMILES string of the molecule is CCc1[nH]c(-c2ccccc2C)nc1C(C(C)C)(C(c1ccccc1)c1ccccc1)N1CCNCC1.Cl.Cl.Cl. The molecule has 0 amide bonds. The summed E-state index contributed by atoms with van der Waals surface area (Å²) in [6.45, 7) is 13.2. The first-order chi connectivity index (χ1) is 18.1. The quantitative estimate of drug-likeness (QED) is 0.217. The van der Waals surface area contributed by atoms with Crippen molar-refractivity contribution >= 4 is 37.2 Å². The fourth-order valence-electron chi connectivity index (χ4n) is 6.43. The minimum atomic E-state index is -0.326. The van der Waals surface area contributed by atoms with Gasteiger partial charge in [0.2, 0.25) is 0 Å². The number of halogens is 3. The van der Waals surface area contributed by atoms with Crippen LogP contribution in [-0.2, 0) is 12.0 Å². The summed E-state index contributed by atoms with van der Waals surface area (Å²) in [7, 11) is 0. The number of hydrogen-bond acceptors (Lipinski definition) is 3. The zero-order chi connectivity index (χ0) is 25.8. The molecule has 1 aromatic heterocycles. The van der Waals surface area contributed by atoms with Gasteiger partial charge in [0.05, 0.1) is 11.2 Å². The molecule has 1 aliphatic heterocycles. The summed E-state index contributed by atoms with van der Waals surface area (Å²) in [5, 5.41) is 3.59. The van der Waals surface area contributed by atoms with Gasteiger partial charge in [-0.25, -0.2) is 4.98 Å². The van der Waals surface area contributed by atoms with Gasteiger partial charge >= 0.3 is 0 Å². The summed E-state index contributed by atoms with van der Waals surface area (Å²) in [6.07, 6.45) is 0.908. The van der Waals surface area contributed by atoms with Crippen LogP contribution in [0.15, 0.2) is 84.9 Å². The summed E-state index contributed by atoms with van der Waals surface area (Å²) >= 11 is 0. The standard InChI is InChI=1S/C33H40N4.3ClH/c1-5-29-31(36-32(35-29)28-19-13-12-14-25(28)4)33(24(2)3,37-22-20-34-21-23-37)30(26-15-8-6-9-16-26)27-17-10-7-11-18-27;;;/h6-19,24,30,34H,5,20-23H2,1-4H3,(H,35,36);3*1H. The largest absolute Gasteiger partial charge is 0.342 e. The number of aryl methyl sites for hydroxylation is 2. The molecule has 2 heterocycles. The predicted octanol–water partition coefficient (Wildman–Crippen LogP) is 7.80. The second-order valence-electron chi connectivity index (χ2n) is 10.6. The number of nitrogens with zero attached hydrogens (tertiary/aromatic N) is 2. The van der Waals surface area contributed by atoms with Gasteiger partial charge in [-0.1, -0.05) is 106 Å². The van der Waals surface area contributed by atoms with Crippen molar-refractivity contribution in [3.63, 3.8) is 0 Å². The Morgan fingerprint density at radius 3 is 1.82 bits per heavy atom. The maximum atomic E-state index is 5.54. The number of aromatic nitrogens is 2. The molecule has 2 N–H and O–H groups in total. The summed E-state index contributed by atoms with van der Waals surface area (Å²) in [5.41, 5.74) is 7.20. The number of hydrogen-bond donors (Lipinski definition) is 2. The van der Waals surface area contributed by atoms with Crippen LogP contribution in [0.3, 0.4) is 0 Å². The highest BCUT2D eigenvalue weighted by Gasteiger charge is 2.52. The minimum absolute atomic E-state index is 0. The number of H-pyrrole nitrogens is 1. The van der Waals surface area contributed by atoms with E-state index in [0.29, 0.717) is 5.92 Å².